The van der Waals surface area contributed by atoms with Crippen LogP contribution in [0.2, 0.25) is 0 Å². The first-order chi connectivity index (χ1) is 13.4. The summed E-state index contributed by atoms with van der Waals surface area (Å²) in [5, 5.41) is 5.88. The molecule has 6 nitrogen and oxygen atoms in total. The molecule has 1 fully saturated rings. The molecule has 0 radical (unpaired) electrons. The van der Waals surface area contributed by atoms with Crippen molar-refractivity contribution in [3.63, 3.8) is 0 Å². The number of carbonyl (C=O) groups is 2. The minimum atomic E-state index is -0.160. The predicted octanol–water partition coefficient (Wildman–Crippen LogP) is 2.74. The standard InChI is InChI=1S/C22H28N4O2/c1-16-5-4-6-17(2)21(16)24-22(28)18-7-9-19(10-8-18)23-20(27)15-26-13-11-25(3)12-14-26/h4-10H,11-15H2,1-3H3,(H,23,27)(H,24,28). The van der Waals surface area contributed by atoms with Crippen LogP contribution < -0.4 is 10.6 Å². The van der Waals surface area contributed by atoms with Crippen LogP contribution in [0.1, 0.15) is 21.5 Å². The normalized spacial score (nSPS) is 15.2. The highest BCUT2D eigenvalue weighted by Gasteiger charge is 2.16. The van der Waals surface area contributed by atoms with Crippen molar-refractivity contribution >= 4 is 23.2 Å². The van der Waals surface area contributed by atoms with Gasteiger partial charge >= 0.3 is 0 Å². The summed E-state index contributed by atoms with van der Waals surface area (Å²) in [6.07, 6.45) is 0. The van der Waals surface area contributed by atoms with Gasteiger partial charge in [-0.25, -0.2) is 0 Å². The molecule has 1 saturated heterocycles. The van der Waals surface area contributed by atoms with Crippen LogP contribution in [-0.2, 0) is 4.79 Å². The third-order valence-corrected chi connectivity index (χ3v) is 5.11. The van der Waals surface area contributed by atoms with E-state index in [4.69, 9.17) is 0 Å². The van der Waals surface area contributed by atoms with Gasteiger partial charge in [-0.1, -0.05) is 18.2 Å². The van der Waals surface area contributed by atoms with Crippen molar-refractivity contribution in [2.24, 2.45) is 0 Å². The van der Waals surface area contributed by atoms with E-state index in [1.807, 2.05) is 32.0 Å². The Balaban J connectivity index is 1.55. The Morgan fingerprint density at radius 3 is 2.11 bits per heavy atom. The maximum Gasteiger partial charge on any atom is 0.255 e. The summed E-state index contributed by atoms with van der Waals surface area (Å²) in [5.41, 5.74) is 4.15. The molecule has 0 bridgehead atoms. The molecule has 148 valence electrons. The van der Waals surface area contributed by atoms with Crippen LogP contribution in [-0.4, -0.2) is 61.4 Å². The summed E-state index contributed by atoms with van der Waals surface area (Å²) in [4.78, 5) is 29.2. The van der Waals surface area contributed by atoms with Gasteiger partial charge in [0.15, 0.2) is 0 Å². The molecule has 3 rings (SSSR count). The molecule has 2 aromatic carbocycles. The Morgan fingerprint density at radius 2 is 1.50 bits per heavy atom. The van der Waals surface area contributed by atoms with Crippen LogP contribution >= 0.6 is 0 Å². The maximum atomic E-state index is 12.5. The summed E-state index contributed by atoms with van der Waals surface area (Å²) in [6.45, 7) is 8.11. The molecule has 0 spiro atoms. The molecule has 2 aromatic rings. The molecule has 2 amide bonds. The highest BCUT2D eigenvalue weighted by Crippen LogP contribution is 2.20. The Kier molecular flexibility index (Phi) is 6.44. The van der Waals surface area contributed by atoms with E-state index >= 15 is 0 Å². The second kappa shape index (κ2) is 8.99. The van der Waals surface area contributed by atoms with Crippen LogP contribution in [0.4, 0.5) is 11.4 Å². The number of rotatable bonds is 5. The number of anilines is 2. The average Bonchev–Trinajstić information content (AvgIpc) is 2.67. The van der Waals surface area contributed by atoms with E-state index in [9.17, 15) is 9.59 Å². The highest BCUT2D eigenvalue weighted by atomic mass is 16.2. The lowest BCUT2D eigenvalue weighted by Gasteiger charge is -2.31. The molecule has 28 heavy (non-hydrogen) atoms. The fourth-order valence-corrected chi connectivity index (χ4v) is 3.31. The van der Waals surface area contributed by atoms with Crippen molar-refractivity contribution in [1.29, 1.82) is 0 Å². The lowest BCUT2D eigenvalue weighted by molar-refractivity contribution is -0.117. The molecule has 0 atom stereocenters. The van der Waals surface area contributed by atoms with Gasteiger partial charge in [0.2, 0.25) is 5.91 Å². The summed E-state index contributed by atoms with van der Waals surface area (Å²) in [7, 11) is 2.09. The highest BCUT2D eigenvalue weighted by molar-refractivity contribution is 6.05. The number of piperazine rings is 1. The molecular formula is C22H28N4O2. The molecule has 0 unspecified atom stereocenters. The zero-order valence-corrected chi connectivity index (χ0v) is 16.8. The Morgan fingerprint density at radius 1 is 0.893 bits per heavy atom. The van der Waals surface area contributed by atoms with E-state index in [0.29, 0.717) is 17.8 Å². The molecule has 0 saturated carbocycles. The molecule has 1 aliphatic heterocycles. The van der Waals surface area contributed by atoms with E-state index in [0.717, 1.165) is 43.0 Å². The number of benzene rings is 2. The van der Waals surface area contributed by atoms with E-state index in [1.165, 1.54) is 0 Å². The largest absolute Gasteiger partial charge is 0.325 e. The number of carbonyl (C=O) groups excluding carboxylic acids is 2. The van der Waals surface area contributed by atoms with Gasteiger partial charge < -0.3 is 15.5 Å². The summed E-state index contributed by atoms with van der Waals surface area (Å²) in [6, 6.07) is 12.9. The average molecular weight is 380 g/mol. The maximum absolute atomic E-state index is 12.5. The SMILES string of the molecule is Cc1cccc(C)c1NC(=O)c1ccc(NC(=O)CN2CCN(C)CC2)cc1. The van der Waals surface area contributed by atoms with Gasteiger partial charge in [-0.05, 0) is 56.3 Å². The molecular weight excluding hydrogens is 352 g/mol. The van der Waals surface area contributed by atoms with Crippen molar-refractivity contribution in [3.8, 4) is 0 Å². The van der Waals surface area contributed by atoms with Gasteiger partial charge in [0.25, 0.3) is 5.91 Å². The fourth-order valence-electron chi connectivity index (χ4n) is 3.31. The number of nitrogens with zero attached hydrogens (tertiary/aromatic N) is 2. The number of hydrogen-bond donors (Lipinski definition) is 2. The van der Waals surface area contributed by atoms with E-state index in [1.54, 1.807) is 24.3 Å². The molecule has 0 aliphatic carbocycles. The Hall–Kier alpha value is -2.70. The Labute approximate surface area is 166 Å². The van der Waals surface area contributed by atoms with Gasteiger partial charge in [-0.3, -0.25) is 14.5 Å². The van der Waals surface area contributed by atoms with E-state index in [-0.39, 0.29) is 11.8 Å². The van der Waals surface area contributed by atoms with Gasteiger partial charge in [0, 0.05) is 43.1 Å². The summed E-state index contributed by atoms with van der Waals surface area (Å²) < 4.78 is 0. The number of likely N-dealkylation sites (N-methyl/N-ethyl adjacent to an activating group) is 1. The van der Waals surface area contributed by atoms with E-state index in [2.05, 4.69) is 27.5 Å². The van der Waals surface area contributed by atoms with Crippen molar-refractivity contribution in [3.05, 3.63) is 59.2 Å². The smallest absolute Gasteiger partial charge is 0.255 e. The fraction of sp³-hybridized carbons (Fsp3) is 0.364. The van der Waals surface area contributed by atoms with Gasteiger partial charge in [-0.15, -0.1) is 0 Å². The van der Waals surface area contributed by atoms with Crippen LogP contribution in [0.5, 0.6) is 0 Å². The molecule has 0 aromatic heterocycles. The second-order valence-electron chi connectivity index (χ2n) is 7.43. The lowest BCUT2D eigenvalue weighted by Crippen LogP contribution is -2.47. The van der Waals surface area contributed by atoms with Gasteiger partial charge in [0.1, 0.15) is 0 Å². The Bertz CT molecular complexity index is 820. The molecule has 6 heteroatoms. The topological polar surface area (TPSA) is 64.7 Å². The summed E-state index contributed by atoms with van der Waals surface area (Å²) in [5.74, 6) is -0.190. The molecule has 2 N–H and O–H groups in total. The molecule has 1 heterocycles. The van der Waals surface area contributed by atoms with Crippen LogP contribution in [0.15, 0.2) is 42.5 Å². The third-order valence-electron chi connectivity index (χ3n) is 5.11. The quantitative estimate of drug-likeness (QED) is 0.837. The monoisotopic (exact) mass is 380 g/mol. The van der Waals surface area contributed by atoms with Crippen LogP contribution in [0.3, 0.4) is 0 Å². The second-order valence-corrected chi connectivity index (χ2v) is 7.43. The van der Waals surface area contributed by atoms with Gasteiger partial charge in [-0.2, -0.15) is 0 Å². The van der Waals surface area contributed by atoms with E-state index < -0.39 is 0 Å². The summed E-state index contributed by atoms with van der Waals surface area (Å²) >= 11 is 0. The number of para-hydroxylation sites is 1. The number of hydrogen-bond acceptors (Lipinski definition) is 4. The third kappa shape index (κ3) is 5.18. The minimum absolute atomic E-state index is 0.0303. The zero-order valence-electron chi connectivity index (χ0n) is 16.8. The first-order valence-corrected chi connectivity index (χ1v) is 9.61. The predicted molar refractivity (Wildman–Crippen MR) is 113 cm³/mol. The van der Waals surface area contributed by atoms with Gasteiger partial charge in [0.05, 0.1) is 6.54 Å². The first kappa shape index (κ1) is 20.0. The first-order valence-electron chi connectivity index (χ1n) is 9.61. The zero-order chi connectivity index (χ0) is 20.1. The van der Waals surface area contributed by atoms with Crippen LogP contribution in [0.25, 0.3) is 0 Å². The van der Waals surface area contributed by atoms with Crippen molar-refractivity contribution in [2.75, 3.05) is 50.4 Å². The minimum Gasteiger partial charge on any atom is -0.325 e. The number of amides is 2. The van der Waals surface area contributed by atoms with Crippen molar-refractivity contribution in [2.45, 2.75) is 13.8 Å². The van der Waals surface area contributed by atoms with Crippen molar-refractivity contribution < 1.29 is 9.59 Å². The molecule has 1 aliphatic rings. The number of nitrogens with one attached hydrogen (secondary N) is 2. The van der Waals surface area contributed by atoms with Crippen LogP contribution in [0, 0.1) is 13.8 Å². The van der Waals surface area contributed by atoms with Crippen molar-refractivity contribution in [1.82, 2.24) is 9.80 Å². The lowest BCUT2D eigenvalue weighted by atomic mass is 10.1. The number of aryl methyl sites for hydroxylation is 2.